The normalized spacial score (nSPS) is 13.1. The maximum Gasteiger partial charge on any atom is 0.231 e. The zero-order valence-electron chi connectivity index (χ0n) is 14.6. The van der Waals surface area contributed by atoms with E-state index in [1.807, 2.05) is 19.2 Å². The number of fused-ring (bicyclic) bond motifs is 1. The minimum atomic E-state index is 0. The molecule has 1 aliphatic rings. The molecular formula is C22H22ClNO2. The largest absolute Gasteiger partial charge is 0.454 e. The first kappa shape index (κ1) is 18.3. The van der Waals surface area contributed by atoms with Crippen molar-refractivity contribution in [3.8, 4) is 22.6 Å². The van der Waals surface area contributed by atoms with Crippen LogP contribution in [0.15, 0.2) is 72.8 Å². The summed E-state index contributed by atoms with van der Waals surface area (Å²) in [5.41, 5.74) is 4.99. The molecule has 0 spiro atoms. The molecule has 26 heavy (non-hydrogen) atoms. The van der Waals surface area contributed by atoms with Crippen LogP contribution in [0.5, 0.6) is 11.5 Å². The number of likely N-dealkylation sites (N-methyl/N-ethyl adjacent to an activating group) is 1. The van der Waals surface area contributed by atoms with E-state index >= 15 is 0 Å². The van der Waals surface area contributed by atoms with Crippen LogP contribution in [-0.2, 0) is 6.42 Å². The van der Waals surface area contributed by atoms with Crippen molar-refractivity contribution in [2.24, 2.45) is 0 Å². The molecule has 0 fully saturated rings. The Morgan fingerprint density at radius 1 is 0.846 bits per heavy atom. The van der Waals surface area contributed by atoms with Crippen LogP contribution in [0.25, 0.3) is 11.1 Å². The van der Waals surface area contributed by atoms with Crippen LogP contribution in [0, 0.1) is 0 Å². The molecule has 0 amide bonds. The highest BCUT2D eigenvalue weighted by Gasteiger charge is 2.16. The highest BCUT2D eigenvalue weighted by molar-refractivity contribution is 5.85. The number of ether oxygens (including phenoxy) is 2. The standard InChI is InChI=1S/C22H21NO2.ClH/c1-23-20(13-16-7-12-21-22(14-16)25-15-24-21)19-10-8-18(9-11-19)17-5-3-2-4-6-17;/h2-12,14,20,23H,13,15H2,1H3;1H. The highest BCUT2D eigenvalue weighted by atomic mass is 35.5. The molecule has 0 aromatic heterocycles. The topological polar surface area (TPSA) is 30.5 Å². The van der Waals surface area contributed by atoms with Gasteiger partial charge in [-0.05, 0) is 47.9 Å². The zero-order chi connectivity index (χ0) is 17.1. The molecular weight excluding hydrogens is 346 g/mol. The molecule has 3 aromatic rings. The molecule has 1 aliphatic heterocycles. The summed E-state index contributed by atoms with van der Waals surface area (Å²) in [6.07, 6.45) is 0.901. The zero-order valence-corrected chi connectivity index (χ0v) is 15.5. The van der Waals surface area contributed by atoms with E-state index in [9.17, 15) is 0 Å². The average Bonchev–Trinajstić information content (AvgIpc) is 3.15. The second-order valence-electron chi connectivity index (χ2n) is 6.22. The molecule has 0 aliphatic carbocycles. The second-order valence-corrected chi connectivity index (χ2v) is 6.22. The van der Waals surface area contributed by atoms with Crippen molar-refractivity contribution in [3.05, 3.63) is 83.9 Å². The summed E-state index contributed by atoms with van der Waals surface area (Å²) in [5, 5.41) is 3.42. The van der Waals surface area contributed by atoms with Gasteiger partial charge in [-0.3, -0.25) is 0 Å². The van der Waals surface area contributed by atoms with Crippen molar-refractivity contribution in [3.63, 3.8) is 0 Å². The van der Waals surface area contributed by atoms with E-state index in [-0.39, 0.29) is 18.4 Å². The number of rotatable bonds is 5. The van der Waals surface area contributed by atoms with Crippen molar-refractivity contribution in [1.29, 1.82) is 0 Å². The number of benzene rings is 3. The van der Waals surface area contributed by atoms with E-state index in [0.717, 1.165) is 17.9 Å². The lowest BCUT2D eigenvalue weighted by molar-refractivity contribution is 0.174. The SMILES string of the molecule is CNC(Cc1ccc2c(c1)OCO2)c1ccc(-c2ccccc2)cc1.Cl. The van der Waals surface area contributed by atoms with Gasteiger partial charge in [0.25, 0.3) is 0 Å². The molecule has 4 rings (SSSR count). The number of hydrogen-bond acceptors (Lipinski definition) is 3. The number of halogens is 1. The Bertz CT molecular complexity index is 850. The minimum absolute atomic E-state index is 0. The first-order chi connectivity index (χ1) is 12.3. The summed E-state index contributed by atoms with van der Waals surface area (Å²) in [5.74, 6) is 1.67. The lowest BCUT2D eigenvalue weighted by Crippen LogP contribution is -2.18. The first-order valence-electron chi connectivity index (χ1n) is 8.54. The van der Waals surface area contributed by atoms with Crippen molar-refractivity contribution in [1.82, 2.24) is 5.32 Å². The Hall–Kier alpha value is -2.49. The van der Waals surface area contributed by atoms with Gasteiger partial charge in [0, 0.05) is 6.04 Å². The third-order valence-corrected chi connectivity index (χ3v) is 4.65. The fourth-order valence-corrected chi connectivity index (χ4v) is 3.23. The summed E-state index contributed by atoms with van der Waals surface area (Å²) >= 11 is 0. The maximum atomic E-state index is 5.48. The quantitative estimate of drug-likeness (QED) is 0.687. The molecule has 4 heteroatoms. The summed E-state index contributed by atoms with van der Waals surface area (Å²) < 4.78 is 10.9. The Labute approximate surface area is 160 Å². The van der Waals surface area contributed by atoms with Gasteiger partial charge >= 0.3 is 0 Å². The maximum absolute atomic E-state index is 5.48. The Morgan fingerprint density at radius 2 is 1.54 bits per heavy atom. The van der Waals surface area contributed by atoms with Gasteiger partial charge < -0.3 is 14.8 Å². The van der Waals surface area contributed by atoms with Crippen molar-refractivity contribution in [2.75, 3.05) is 13.8 Å². The summed E-state index contributed by atoms with van der Waals surface area (Å²) in [7, 11) is 2.00. The van der Waals surface area contributed by atoms with Gasteiger partial charge in [0.2, 0.25) is 6.79 Å². The fraction of sp³-hybridized carbons (Fsp3) is 0.182. The van der Waals surface area contributed by atoms with Gasteiger partial charge in [0.1, 0.15) is 0 Å². The molecule has 1 N–H and O–H groups in total. The van der Waals surface area contributed by atoms with Gasteiger partial charge in [-0.1, -0.05) is 60.7 Å². The molecule has 134 valence electrons. The van der Waals surface area contributed by atoms with E-state index in [1.54, 1.807) is 0 Å². The first-order valence-corrected chi connectivity index (χ1v) is 8.54. The van der Waals surface area contributed by atoms with Crippen LogP contribution in [0.4, 0.5) is 0 Å². The van der Waals surface area contributed by atoms with Crippen LogP contribution < -0.4 is 14.8 Å². The monoisotopic (exact) mass is 367 g/mol. The molecule has 1 heterocycles. The van der Waals surface area contributed by atoms with Gasteiger partial charge in [0.05, 0.1) is 0 Å². The summed E-state index contributed by atoms with van der Waals surface area (Å²) in [4.78, 5) is 0. The Kier molecular flexibility index (Phi) is 5.82. The van der Waals surface area contributed by atoms with Crippen molar-refractivity contribution in [2.45, 2.75) is 12.5 Å². The van der Waals surface area contributed by atoms with Crippen LogP contribution in [0.3, 0.4) is 0 Å². The van der Waals surface area contributed by atoms with E-state index < -0.39 is 0 Å². The van der Waals surface area contributed by atoms with E-state index in [1.165, 1.54) is 22.3 Å². The highest BCUT2D eigenvalue weighted by Crippen LogP contribution is 2.33. The Balaban J connectivity index is 0.00000196. The van der Waals surface area contributed by atoms with Crippen molar-refractivity contribution < 1.29 is 9.47 Å². The molecule has 0 saturated heterocycles. The Morgan fingerprint density at radius 3 is 2.27 bits per heavy atom. The number of nitrogens with one attached hydrogen (secondary N) is 1. The molecule has 1 atom stereocenters. The fourth-order valence-electron chi connectivity index (χ4n) is 3.23. The third kappa shape index (κ3) is 3.85. The van der Waals surface area contributed by atoms with Crippen LogP contribution in [-0.4, -0.2) is 13.8 Å². The summed E-state index contributed by atoms with van der Waals surface area (Å²) in [6, 6.07) is 25.7. The van der Waals surface area contributed by atoms with Crippen LogP contribution >= 0.6 is 12.4 Å². The van der Waals surface area contributed by atoms with E-state index in [2.05, 4.69) is 66.0 Å². The average molecular weight is 368 g/mol. The molecule has 0 saturated carbocycles. The summed E-state index contributed by atoms with van der Waals surface area (Å²) in [6.45, 7) is 0.315. The van der Waals surface area contributed by atoms with Crippen molar-refractivity contribution >= 4 is 12.4 Å². The second kappa shape index (κ2) is 8.26. The van der Waals surface area contributed by atoms with Gasteiger partial charge in [0.15, 0.2) is 11.5 Å². The molecule has 3 aromatic carbocycles. The predicted octanol–water partition coefficient (Wildman–Crippen LogP) is 5.01. The van der Waals surface area contributed by atoms with Gasteiger partial charge in [-0.2, -0.15) is 0 Å². The van der Waals surface area contributed by atoms with E-state index in [0.29, 0.717) is 6.79 Å². The van der Waals surface area contributed by atoms with Gasteiger partial charge in [-0.15, -0.1) is 12.4 Å². The molecule has 3 nitrogen and oxygen atoms in total. The van der Waals surface area contributed by atoms with Gasteiger partial charge in [-0.25, -0.2) is 0 Å². The smallest absolute Gasteiger partial charge is 0.231 e. The molecule has 0 radical (unpaired) electrons. The lowest BCUT2D eigenvalue weighted by atomic mass is 9.96. The van der Waals surface area contributed by atoms with Crippen LogP contribution in [0.2, 0.25) is 0 Å². The van der Waals surface area contributed by atoms with E-state index in [4.69, 9.17) is 9.47 Å². The predicted molar refractivity (Wildman–Crippen MR) is 107 cm³/mol. The molecule has 0 bridgehead atoms. The van der Waals surface area contributed by atoms with Crippen LogP contribution in [0.1, 0.15) is 17.2 Å². The minimum Gasteiger partial charge on any atom is -0.454 e. The third-order valence-electron chi connectivity index (χ3n) is 4.65. The lowest BCUT2D eigenvalue weighted by Gasteiger charge is -2.17. The molecule has 1 unspecified atom stereocenters. The number of hydrogen-bond donors (Lipinski definition) is 1.